The average molecular weight is 359 g/mol. The molecule has 0 aliphatic heterocycles. The lowest BCUT2D eigenvalue weighted by molar-refractivity contribution is -0.325. The van der Waals surface area contributed by atoms with E-state index in [1.165, 1.54) is 0 Å². The Hall–Kier alpha value is -1.45. The molecule has 9 heteroatoms. The fraction of sp³-hybridized carbons (Fsp3) is 0.571. The maximum absolute atomic E-state index is 10.2. The third-order valence-corrected chi connectivity index (χ3v) is 1.52. The minimum atomic E-state index is -1.23. The highest BCUT2D eigenvalue weighted by atomic mass is 35.5. The van der Waals surface area contributed by atoms with Crippen LogP contribution < -0.4 is 39.8 Å². The van der Waals surface area contributed by atoms with Crippen LogP contribution >= 0.6 is 0 Å². The van der Waals surface area contributed by atoms with Crippen molar-refractivity contribution in [3.63, 3.8) is 0 Å². The zero-order valence-electron chi connectivity index (χ0n) is 15.4. The van der Waals surface area contributed by atoms with Gasteiger partial charge in [0.25, 0.3) is 0 Å². The van der Waals surface area contributed by atoms with Gasteiger partial charge in [-0.2, -0.15) is 0 Å². The van der Waals surface area contributed by atoms with Gasteiger partial charge >= 0.3 is 0 Å². The lowest BCUT2D eigenvalue weighted by Gasteiger charge is -2.07. The van der Waals surface area contributed by atoms with Gasteiger partial charge < -0.3 is 54.3 Å². The summed E-state index contributed by atoms with van der Waals surface area (Å²) >= 11 is 0. The molecule has 0 saturated carbocycles. The summed E-state index contributed by atoms with van der Waals surface area (Å²) in [5, 5.41) is 19.3. The first-order valence-electron chi connectivity index (χ1n) is 6.79. The van der Waals surface area contributed by atoms with E-state index in [4.69, 9.17) is 9.90 Å². The van der Waals surface area contributed by atoms with Crippen molar-refractivity contribution >= 4 is 11.9 Å². The number of carbonyl (C=O) groups excluding carboxylic acids is 2. The monoisotopic (exact) mass is 358 g/mol. The Bertz CT molecular complexity index is 286. The molecule has 0 bridgehead atoms. The SMILES string of the molecule is C=CC(=O)[O-].CC(=CCCN(C)C)C(=O)[O-].C[NH3+].C[NH3+].C[NH3+].[Cl-]. The summed E-state index contributed by atoms with van der Waals surface area (Å²) in [5.41, 5.74) is 10.1. The second-order valence-corrected chi connectivity index (χ2v) is 3.29. The van der Waals surface area contributed by atoms with Gasteiger partial charge in [-0.3, -0.25) is 0 Å². The molecule has 142 valence electrons. The quantitative estimate of drug-likeness (QED) is 0.414. The van der Waals surface area contributed by atoms with Crippen molar-refractivity contribution in [2.75, 3.05) is 41.8 Å². The molecular weight excluding hydrogens is 324 g/mol. The van der Waals surface area contributed by atoms with Gasteiger partial charge in [0.2, 0.25) is 0 Å². The van der Waals surface area contributed by atoms with Crippen LogP contribution in [0, 0.1) is 0 Å². The Labute approximate surface area is 146 Å². The van der Waals surface area contributed by atoms with Crippen LogP contribution in [0.5, 0.6) is 0 Å². The van der Waals surface area contributed by atoms with Gasteiger partial charge in [-0.15, -0.1) is 0 Å². The summed E-state index contributed by atoms with van der Waals surface area (Å²) in [6, 6.07) is 0. The average Bonchev–Trinajstić information content (AvgIpc) is 2.53. The van der Waals surface area contributed by atoms with Gasteiger partial charge in [0.15, 0.2) is 0 Å². The van der Waals surface area contributed by atoms with E-state index in [9.17, 15) is 9.90 Å². The molecule has 0 amide bonds. The predicted molar refractivity (Wildman–Crippen MR) is 83.6 cm³/mol. The summed E-state index contributed by atoms with van der Waals surface area (Å²) in [7, 11) is 9.14. The number of hydrogen-bond donors (Lipinski definition) is 3. The van der Waals surface area contributed by atoms with E-state index in [-0.39, 0.29) is 12.4 Å². The number of rotatable bonds is 5. The van der Waals surface area contributed by atoms with Crippen LogP contribution in [-0.2, 0) is 9.59 Å². The van der Waals surface area contributed by atoms with E-state index in [2.05, 4.69) is 23.8 Å². The van der Waals surface area contributed by atoms with Crippen LogP contribution in [0.25, 0.3) is 0 Å². The lowest BCUT2D eigenvalue weighted by atomic mass is 10.2. The van der Waals surface area contributed by atoms with Crippen molar-refractivity contribution in [2.24, 2.45) is 0 Å². The zero-order valence-corrected chi connectivity index (χ0v) is 16.1. The lowest BCUT2D eigenvalue weighted by Crippen LogP contribution is -3.00. The van der Waals surface area contributed by atoms with E-state index < -0.39 is 11.9 Å². The zero-order chi connectivity index (χ0) is 19.1. The summed E-state index contributed by atoms with van der Waals surface area (Å²) in [5.74, 6) is -2.31. The molecule has 0 radical (unpaired) electrons. The molecule has 0 rings (SSSR count). The summed E-state index contributed by atoms with van der Waals surface area (Å²) in [6.07, 6.45) is 3.15. The van der Waals surface area contributed by atoms with E-state index in [1.807, 2.05) is 19.0 Å². The topological polar surface area (TPSA) is 166 Å². The first kappa shape index (κ1) is 37.6. The molecule has 0 atom stereocenters. The molecule has 0 aromatic rings. The van der Waals surface area contributed by atoms with Crippen LogP contribution in [0.1, 0.15) is 13.3 Å². The molecule has 0 fully saturated rings. The second kappa shape index (κ2) is 37.1. The van der Waals surface area contributed by atoms with E-state index >= 15 is 0 Å². The minimum Gasteiger partial charge on any atom is -1.00 e. The first-order chi connectivity index (χ1) is 10.3. The predicted octanol–water partition coefficient (Wildman–Crippen LogP) is -7.87. The highest BCUT2D eigenvalue weighted by Crippen LogP contribution is 1.93. The molecule has 0 aliphatic carbocycles. The molecule has 8 nitrogen and oxygen atoms in total. The van der Waals surface area contributed by atoms with Gasteiger partial charge in [-0.05, 0) is 39.1 Å². The highest BCUT2D eigenvalue weighted by molar-refractivity contribution is 5.83. The van der Waals surface area contributed by atoms with Gasteiger partial charge in [-0.25, -0.2) is 0 Å². The third kappa shape index (κ3) is 63.5. The van der Waals surface area contributed by atoms with E-state index in [0.29, 0.717) is 5.57 Å². The van der Waals surface area contributed by atoms with Crippen molar-refractivity contribution in [1.82, 2.24) is 4.90 Å². The molecule has 0 aliphatic rings. The second-order valence-electron chi connectivity index (χ2n) is 3.29. The summed E-state index contributed by atoms with van der Waals surface area (Å²) in [6.45, 7) is 5.31. The Morgan fingerprint density at radius 2 is 1.35 bits per heavy atom. The molecule has 23 heavy (non-hydrogen) atoms. The Morgan fingerprint density at radius 1 is 1.04 bits per heavy atom. The molecule has 0 aromatic carbocycles. The first-order valence-corrected chi connectivity index (χ1v) is 6.79. The Morgan fingerprint density at radius 3 is 1.52 bits per heavy atom. The van der Waals surface area contributed by atoms with Gasteiger partial charge in [-0.1, -0.05) is 12.7 Å². The number of carbonyl (C=O) groups is 2. The summed E-state index contributed by atoms with van der Waals surface area (Å²) in [4.78, 5) is 21.3. The molecule has 9 N–H and O–H groups in total. The highest BCUT2D eigenvalue weighted by Gasteiger charge is 1.89. The number of nitrogens with zero attached hydrogens (tertiary/aromatic N) is 1. The largest absolute Gasteiger partial charge is 1.00 e. The van der Waals surface area contributed by atoms with Gasteiger partial charge in [0, 0.05) is 6.54 Å². The maximum Gasteiger partial charge on any atom is 0.0668 e. The van der Waals surface area contributed by atoms with E-state index in [1.54, 1.807) is 34.1 Å². The number of hydrogen-bond acceptors (Lipinski definition) is 5. The van der Waals surface area contributed by atoms with Crippen LogP contribution in [-0.4, -0.2) is 58.6 Å². The Balaban J connectivity index is -0.0000000509. The van der Waals surface area contributed by atoms with Crippen molar-refractivity contribution < 1.29 is 49.4 Å². The number of carboxylic acid groups (broad SMARTS) is 2. The minimum absolute atomic E-state index is 0. The molecular formula is C14H35ClN4O4. The van der Waals surface area contributed by atoms with Crippen molar-refractivity contribution in [1.29, 1.82) is 0 Å². The van der Waals surface area contributed by atoms with Crippen molar-refractivity contribution in [2.45, 2.75) is 13.3 Å². The van der Waals surface area contributed by atoms with E-state index in [0.717, 1.165) is 19.0 Å². The molecule has 0 aromatic heterocycles. The molecule has 0 saturated heterocycles. The third-order valence-electron chi connectivity index (χ3n) is 1.52. The normalized spacial score (nSPS) is 8.00. The maximum atomic E-state index is 10.2. The van der Waals surface area contributed by atoms with Crippen molar-refractivity contribution in [3.8, 4) is 0 Å². The summed E-state index contributed by atoms with van der Waals surface area (Å²) < 4.78 is 0. The van der Waals surface area contributed by atoms with Crippen LogP contribution in [0.15, 0.2) is 24.3 Å². The fourth-order valence-electron chi connectivity index (χ4n) is 0.623. The van der Waals surface area contributed by atoms with Gasteiger partial charge in [0.05, 0.1) is 33.1 Å². The van der Waals surface area contributed by atoms with Crippen LogP contribution in [0.3, 0.4) is 0 Å². The fourth-order valence-corrected chi connectivity index (χ4v) is 0.623. The van der Waals surface area contributed by atoms with Crippen LogP contribution in [0.4, 0.5) is 0 Å². The van der Waals surface area contributed by atoms with Crippen LogP contribution in [0.2, 0.25) is 0 Å². The molecule has 0 heterocycles. The number of halogens is 1. The standard InChI is InChI=1S/C8H15NO2.C3H4O2.3CH5N.ClH/c1-7(8(10)11)5-4-6-9(2)3;1-2-3(4)5;3*1-2;/h5H,4,6H2,1-3H3,(H,10,11);2H,1H2,(H,4,5);3*2H2,1H3;1H. The smallest absolute Gasteiger partial charge is 0.0668 e. The Kier molecular flexibility index (Phi) is 60.7. The molecule has 0 spiro atoms. The molecule has 0 unspecified atom stereocenters. The van der Waals surface area contributed by atoms with Gasteiger partial charge in [0.1, 0.15) is 0 Å². The number of carboxylic acids is 2. The number of aliphatic carboxylic acids is 2. The van der Waals surface area contributed by atoms with Crippen molar-refractivity contribution in [3.05, 3.63) is 24.3 Å². The number of quaternary nitrogens is 3.